The predicted octanol–water partition coefficient (Wildman–Crippen LogP) is 13.8. The average molecular weight is 671 g/mol. The van der Waals surface area contributed by atoms with E-state index < -0.39 is 0 Å². The van der Waals surface area contributed by atoms with E-state index in [1.54, 1.807) is 0 Å². The fourth-order valence-electron chi connectivity index (χ4n) is 8.62. The average Bonchev–Trinajstić information content (AvgIpc) is 3.92. The molecule has 0 saturated carbocycles. The summed E-state index contributed by atoms with van der Waals surface area (Å²) in [6, 6.07) is 58.3. The van der Waals surface area contributed by atoms with E-state index >= 15 is 0 Å². The third-order valence-electron chi connectivity index (χ3n) is 10.7. The number of hydrogen-bond donors (Lipinski definition) is 0. The van der Waals surface area contributed by atoms with Gasteiger partial charge in [0.1, 0.15) is 0 Å². The number of nitrogens with zero attached hydrogens (tertiary/aromatic N) is 2. The first-order valence-electron chi connectivity index (χ1n) is 17.0. The van der Waals surface area contributed by atoms with E-state index in [2.05, 4.69) is 167 Å². The standard InChI is InChI=1S/C46H26N2S2/c1-2-16-34-33(15-1)43-35-23-21-27(47-37-17-7-3-11-29(37)30-12-4-8-18-38(30)47)25-41(35)49-45(43)46-44(34)36-24-22-28(26-42(36)50-46)48-39-19-9-5-13-31(39)32-14-6-10-20-40(32)48/h1-26H. The van der Waals surface area contributed by atoms with Gasteiger partial charge in [0.05, 0.1) is 31.5 Å². The van der Waals surface area contributed by atoms with Crippen LogP contribution in [0.2, 0.25) is 0 Å². The van der Waals surface area contributed by atoms with Crippen LogP contribution < -0.4 is 0 Å². The van der Waals surface area contributed by atoms with Gasteiger partial charge in [0.15, 0.2) is 0 Å². The second-order valence-electron chi connectivity index (χ2n) is 13.3. The molecule has 2 nitrogen and oxygen atoms in total. The molecule has 0 aliphatic carbocycles. The number of hydrogen-bond acceptors (Lipinski definition) is 2. The molecule has 12 rings (SSSR count). The normalized spacial score (nSPS) is 12.4. The summed E-state index contributed by atoms with van der Waals surface area (Å²) in [6.45, 7) is 0. The fourth-order valence-corrected chi connectivity index (χ4v) is 11.3. The molecular weight excluding hydrogens is 645 g/mol. The van der Waals surface area contributed by atoms with Crippen LogP contribution in [0.4, 0.5) is 0 Å². The van der Waals surface area contributed by atoms with Crippen molar-refractivity contribution in [1.82, 2.24) is 9.13 Å². The Bertz CT molecular complexity index is 3050. The highest BCUT2D eigenvalue weighted by molar-refractivity contribution is 7.33. The minimum atomic E-state index is 1.20. The Hall–Kier alpha value is -5.94. The van der Waals surface area contributed by atoms with Gasteiger partial charge in [-0.1, -0.05) is 109 Å². The molecular formula is C46H26N2S2. The van der Waals surface area contributed by atoms with Gasteiger partial charge in [-0.25, -0.2) is 0 Å². The van der Waals surface area contributed by atoms with Crippen LogP contribution in [-0.4, -0.2) is 9.13 Å². The summed E-state index contributed by atoms with van der Waals surface area (Å²) in [6.07, 6.45) is 0. The lowest BCUT2D eigenvalue weighted by Crippen LogP contribution is -1.93. The van der Waals surface area contributed by atoms with Crippen molar-refractivity contribution in [3.63, 3.8) is 0 Å². The van der Waals surface area contributed by atoms with Crippen molar-refractivity contribution < 1.29 is 0 Å². The lowest BCUT2D eigenvalue weighted by molar-refractivity contribution is 1.19. The summed E-state index contributed by atoms with van der Waals surface area (Å²) in [7, 11) is 0. The second-order valence-corrected chi connectivity index (χ2v) is 15.4. The van der Waals surface area contributed by atoms with Crippen molar-refractivity contribution in [2.75, 3.05) is 0 Å². The molecule has 0 radical (unpaired) electrons. The van der Waals surface area contributed by atoms with Crippen molar-refractivity contribution in [3.8, 4) is 11.4 Å². The van der Waals surface area contributed by atoms with Gasteiger partial charge in [-0.2, -0.15) is 0 Å². The summed E-state index contributed by atoms with van der Waals surface area (Å²) >= 11 is 3.88. The predicted molar refractivity (Wildman–Crippen MR) is 218 cm³/mol. The number of thiophene rings is 2. The lowest BCUT2D eigenvalue weighted by Gasteiger charge is -2.09. The highest BCUT2D eigenvalue weighted by Crippen LogP contribution is 2.50. The molecule has 0 aliphatic rings. The molecule has 0 aliphatic heterocycles. The molecule has 8 aromatic carbocycles. The number of fused-ring (bicyclic) bond motifs is 16. The van der Waals surface area contributed by atoms with E-state index in [1.165, 1.54) is 106 Å². The van der Waals surface area contributed by atoms with Crippen LogP contribution in [0.1, 0.15) is 0 Å². The largest absolute Gasteiger partial charge is 0.309 e. The molecule has 4 heterocycles. The van der Waals surface area contributed by atoms with Gasteiger partial charge < -0.3 is 9.13 Å². The highest BCUT2D eigenvalue weighted by Gasteiger charge is 2.20. The zero-order valence-corrected chi connectivity index (χ0v) is 28.4. The topological polar surface area (TPSA) is 9.86 Å². The summed E-state index contributed by atoms with van der Waals surface area (Å²) in [5, 5.41) is 13.2. The number of benzene rings is 8. The molecule has 12 aromatic rings. The maximum Gasteiger partial charge on any atom is 0.0541 e. The van der Waals surface area contributed by atoms with Crippen molar-refractivity contribution in [1.29, 1.82) is 0 Å². The van der Waals surface area contributed by atoms with E-state index in [0.29, 0.717) is 0 Å². The van der Waals surface area contributed by atoms with Crippen molar-refractivity contribution in [2.45, 2.75) is 0 Å². The Balaban J connectivity index is 1.14. The van der Waals surface area contributed by atoms with Gasteiger partial charge in [0, 0.05) is 63.9 Å². The first-order valence-corrected chi connectivity index (χ1v) is 18.7. The van der Waals surface area contributed by atoms with Crippen LogP contribution in [-0.2, 0) is 0 Å². The number of aromatic nitrogens is 2. The van der Waals surface area contributed by atoms with Gasteiger partial charge in [0.2, 0.25) is 0 Å². The van der Waals surface area contributed by atoms with E-state index in [-0.39, 0.29) is 0 Å². The third-order valence-corrected chi connectivity index (χ3v) is 13.2. The summed E-state index contributed by atoms with van der Waals surface area (Å²) in [5.41, 5.74) is 7.37. The lowest BCUT2D eigenvalue weighted by atomic mass is 9.99. The third kappa shape index (κ3) is 3.46. The monoisotopic (exact) mass is 670 g/mol. The molecule has 0 spiro atoms. The van der Waals surface area contributed by atoms with E-state index in [1.807, 2.05) is 22.7 Å². The van der Waals surface area contributed by atoms with E-state index in [0.717, 1.165) is 0 Å². The number of rotatable bonds is 2. The highest BCUT2D eigenvalue weighted by atomic mass is 32.1. The van der Waals surface area contributed by atoms with Crippen LogP contribution >= 0.6 is 22.7 Å². The van der Waals surface area contributed by atoms with Crippen LogP contribution in [0.15, 0.2) is 158 Å². The smallest absolute Gasteiger partial charge is 0.0541 e. The molecule has 0 bridgehead atoms. The molecule has 50 heavy (non-hydrogen) atoms. The maximum absolute atomic E-state index is 2.43. The Morgan fingerprint density at radius 1 is 0.300 bits per heavy atom. The molecule has 0 atom stereocenters. The van der Waals surface area contributed by atoms with Crippen LogP contribution in [0.3, 0.4) is 0 Å². The first-order chi connectivity index (χ1) is 24.8. The molecule has 232 valence electrons. The van der Waals surface area contributed by atoms with Crippen molar-refractivity contribution >= 4 is 117 Å². The van der Waals surface area contributed by atoms with Crippen molar-refractivity contribution in [2.24, 2.45) is 0 Å². The van der Waals surface area contributed by atoms with Crippen LogP contribution in [0.25, 0.3) is 106 Å². The Morgan fingerprint density at radius 3 is 0.980 bits per heavy atom. The summed E-state index contributed by atoms with van der Waals surface area (Å²) in [4.78, 5) is 0. The van der Waals surface area contributed by atoms with Gasteiger partial charge in [-0.05, 0) is 59.3 Å². The van der Waals surface area contributed by atoms with Crippen molar-refractivity contribution in [3.05, 3.63) is 158 Å². The maximum atomic E-state index is 2.43. The Labute approximate surface area is 294 Å². The summed E-state index contributed by atoms with van der Waals surface area (Å²) in [5.74, 6) is 0. The molecule has 0 saturated heterocycles. The molecule has 0 fully saturated rings. The Kier molecular flexibility index (Phi) is 5.29. The Morgan fingerprint density at radius 2 is 0.620 bits per heavy atom. The van der Waals surface area contributed by atoms with Gasteiger partial charge in [-0.3, -0.25) is 0 Å². The second kappa shape index (κ2) is 9.82. The molecule has 0 N–H and O–H groups in total. The molecule has 4 heteroatoms. The van der Waals surface area contributed by atoms with E-state index in [9.17, 15) is 0 Å². The van der Waals surface area contributed by atoms with Gasteiger partial charge in [0.25, 0.3) is 0 Å². The van der Waals surface area contributed by atoms with Gasteiger partial charge in [-0.15, -0.1) is 22.7 Å². The molecule has 0 unspecified atom stereocenters. The minimum absolute atomic E-state index is 1.20. The minimum Gasteiger partial charge on any atom is -0.309 e. The quantitative estimate of drug-likeness (QED) is 0.173. The zero-order valence-electron chi connectivity index (χ0n) is 26.7. The molecule has 4 aromatic heterocycles. The number of para-hydroxylation sites is 4. The SMILES string of the molecule is c1ccc2c(c1)c1c3ccc(-n4c5ccccc5c5ccccc54)cc3sc1c1sc3cc(-n4c5ccccc5c5ccccc54)ccc3c21. The molecule has 0 amide bonds. The fraction of sp³-hybridized carbons (Fsp3) is 0. The van der Waals surface area contributed by atoms with Crippen LogP contribution in [0, 0.1) is 0 Å². The summed E-state index contributed by atoms with van der Waals surface area (Å²) < 4.78 is 10.3. The van der Waals surface area contributed by atoms with E-state index in [4.69, 9.17) is 0 Å². The van der Waals surface area contributed by atoms with Crippen LogP contribution in [0.5, 0.6) is 0 Å². The first kappa shape index (κ1) is 26.9. The zero-order chi connectivity index (χ0) is 32.5. The van der Waals surface area contributed by atoms with Gasteiger partial charge >= 0.3 is 0 Å².